The molecule has 0 unspecified atom stereocenters. The molecule has 0 saturated carbocycles. The molecule has 0 heterocycles. The van der Waals surface area contributed by atoms with Gasteiger partial charge in [0.25, 0.3) is 0 Å². The Morgan fingerprint density at radius 1 is 1.56 bits per heavy atom. The lowest BCUT2D eigenvalue weighted by Gasteiger charge is -2.26. The first-order chi connectivity index (χ1) is 8.41. The lowest BCUT2D eigenvalue weighted by atomic mass is 9.83. The van der Waals surface area contributed by atoms with Crippen molar-refractivity contribution in [3.05, 3.63) is 28.6 Å². The number of halogens is 1. The lowest BCUT2D eigenvalue weighted by Crippen LogP contribution is -2.43. The van der Waals surface area contributed by atoms with Crippen LogP contribution in [0.4, 0.5) is 10.1 Å². The zero-order valence-corrected chi connectivity index (χ0v) is 10.3. The molecule has 18 heavy (non-hydrogen) atoms. The van der Waals surface area contributed by atoms with Crippen LogP contribution in [0, 0.1) is 12.7 Å². The molecule has 1 aromatic rings. The molecule has 0 spiro atoms. The molecule has 1 atom stereocenters. The number of carbonyl (C=O) groups excluding carboxylic acids is 2. The summed E-state index contributed by atoms with van der Waals surface area (Å²) in [4.78, 5) is 23.2. The van der Waals surface area contributed by atoms with E-state index in [1.807, 2.05) is 0 Å². The summed E-state index contributed by atoms with van der Waals surface area (Å²) < 4.78 is 13.5. The maximum Gasteiger partial charge on any atom is 0.217 e. The molecule has 2 rings (SSSR count). The number of benzene rings is 1. The number of hydrogen-bond acceptors (Lipinski definition) is 3. The normalized spacial score (nSPS) is 18.4. The molecular formula is C13H15FN2O2. The molecule has 1 aliphatic rings. The average molecular weight is 250 g/mol. The second-order valence-corrected chi connectivity index (χ2v) is 4.58. The number of ketones is 1. The van der Waals surface area contributed by atoms with Crippen LogP contribution in [0.25, 0.3) is 0 Å². The Hall–Kier alpha value is -1.91. The van der Waals surface area contributed by atoms with Crippen molar-refractivity contribution in [2.24, 2.45) is 0 Å². The molecular weight excluding hydrogens is 235 g/mol. The summed E-state index contributed by atoms with van der Waals surface area (Å²) in [6.45, 7) is 3.00. The summed E-state index contributed by atoms with van der Waals surface area (Å²) in [5, 5.41) is 2.60. The van der Waals surface area contributed by atoms with E-state index in [1.165, 1.54) is 13.0 Å². The summed E-state index contributed by atoms with van der Waals surface area (Å²) in [5.74, 6) is -0.877. The van der Waals surface area contributed by atoms with Crippen LogP contribution in [0.2, 0.25) is 0 Å². The van der Waals surface area contributed by atoms with E-state index < -0.39 is 11.9 Å². The van der Waals surface area contributed by atoms with Gasteiger partial charge in [0, 0.05) is 18.2 Å². The predicted octanol–water partition coefficient (Wildman–Crippen LogP) is 1.35. The molecule has 96 valence electrons. The molecule has 0 aliphatic heterocycles. The van der Waals surface area contributed by atoms with Crippen molar-refractivity contribution in [3.63, 3.8) is 0 Å². The number of anilines is 1. The lowest BCUT2D eigenvalue weighted by molar-refractivity contribution is -0.119. The second-order valence-electron chi connectivity index (χ2n) is 4.58. The van der Waals surface area contributed by atoms with Crippen molar-refractivity contribution in [1.29, 1.82) is 0 Å². The summed E-state index contributed by atoms with van der Waals surface area (Å²) in [6, 6.07) is 0.615. The maximum absolute atomic E-state index is 13.5. The number of Topliss-reactive ketones (excluding diaryl/α,β-unsaturated/α-hetero) is 1. The van der Waals surface area contributed by atoms with Crippen molar-refractivity contribution in [1.82, 2.24) is 5.32 Å². The van der Waals surface area contributed by atoms with Gasteiger partial charge in [0.2, 0.25) is 5.91 Å². The fourth-order valence-corrected chi connectivity index (χ4v) is 2.40. The highest BCUT2D eigenvalue weighted by Crippen LogP contribution is 2.30. The number of carbonyl (C=O) groups is 2. The number of hydrogen-bond donors (Lipinski definition) is 2. The minimum absolute atomic E-state index is 0.146. The van der Waals surface area contributed by atoms with E-state index in [1.54, 1.807) is 6.92 Å². The van der Waals surface area contributed by atoms with Gasteiger partial charge in [0.05, 0.1) is 6.04 Å². The number of nitrogens with two attached hydrogens (primary N) is 1. The topological polar surface area (TPSA) is 72.2 Å². The molecule has 0 radical (unpaired) electrons. The third-order valence-electron chi connectivity index (χ3n) is 3.31. The minimum atomic E-state index is -0.554. The molecule has 5 heteroatoms. The van der Waals surface area contributed by atoms with Crippen LogP contribution in [0.15, 0.2) is 6.07 Å². The fourth-order valence-electron chi connectivity index (χ4n) is 2.40. The van der Waals surface area contributed by atoms with Crippen LogP contribution in [0.5, 0.6) is 0 Å². The number of fused-ring (bicyclic) bond motifs is 1. The molecule has 0 bridgehead atoms. The fraction of sp³-hybridized carbons (Fsp3) is 0.385. The predicted molar refractivity (Wildman–Crippen MR) is 65.8 cm³/mol. The van der Waals surface area contributed by atoms with Crippen LogP contribution in [-0.4, -0.2) is 17.7 Å². The zero-order chi connectivity index (χ0) is 13.4. The van der Waals surface area contributed by atoms with E-state index >= 15 is 0 Å². The van der Waals surface area contributed by atoms with Crippen molar-refractivity contribution in [3.8, 4) is 0 Å². The number of nitrogens with one attached hydrogen (secondary N) is 1. The highest BCUT2D eigenvalue weighted by molar-refractivity contribution is 6.07. The molecule has 1 aromatic carbocycles. The van der Waals surface area contributed by atoms with Gasteiger partial charge in [0.1, 0.15) is 5.82 Å². The number of amides is 1. The summed E-state index contributed by atoms with van der Waals surface area (Å²) >= 11 is 0. The van der Waals surface area contributed by atoms with E-state index in [2.05, 4.69) is 5.32 Å². The molecule has 0 aromatic heterocycles. The Morgan fingerprint density at radius 2 is 2.22 bits per heavy atom. The Bertz CT molecular complexity index is 540. The maximum atomic E-state index is 13.5. The first kappa shape index (κ1) is 12.5. The van der Waals surface area contributed by atoms with Crippen LogP contribution >= 0.6 is 0 Å². The largest absolute Gasteiger partial charge is 0.398 e. The van der Waals surface area contributed by atoms with Crippen LogP contribution in [-0.2, 0) is 11.2 Å². The van der Waals surface area contributed by atoms with Gasteiger partial charge in [-0.1, -0.05) is 0 Å². The Morgan fingerprint density at radius 3 is 2.83 bits per heavy atom. The van der Waals surface area contributed by atoms with Gasteiger partial charge in [-0.3, -0.25) is 9.59 Å². The summed E-state index contributed by atoms with van der Waals surface area (Å²) in [6.07, 6.45) is 1.02. The van der Waals surface area contributed by atoms with E-state index in [4.69, 9.17) is 5.73 Å². The van der Waals surface area contributed by atoms with Gasteiger partial charge < -0.3 is 11.1 Å². The van der Waals surface area contributed by atoms with Crippen molar-refractivity contribution in [2.45, 2.75) is 32.7 Å². The molecule has 1 aliphatic carbocycles. The number of nitrogen functional groups attached to an aromatic ring is 1. The van der Waals surface area contributed by atoms with E-state index in [-0.39, 0.29) is 17.4 Å². The number of rotatable bonds is 1. The zero-order valence-electron chi connectivity index (χ0n) is 10.3. The standard InChI is InChI=1S/C13H15FN2O2/c1-6-8-3-4-11(16-7(2)17)13(18)12(8)10(15)5-9(6)14/h5,11H,3-4,15H2,1-2H3,(H,16,17)/t11-/m1/s1. The third-order valence-corrected chi connectivity index (χ3v) is 3.31. The van der Waals surface area contributed by atoms with Crippen molar-refractivity contribution >= 4 is 17.4 Å². The molecule has 3 N–H and O–H groups in total. The van der Waals surface area contributed by atoms with Crippen LogP contribution in [0.1, 0.15) is 34.8 Å². The third kappa shape index (κ3) is 1.96. The molecule has 0 saturated heterocycles. The average Bonchev–Trinajstić information content (AvgIpc) is 2.28. The molecule has 4 nitrogen and oxygen atoms in total. The highest BCUT2D eigenvalue weighted by atomic mass is 19.1. The SMILES string of the molecule is CC(=O)N[C@@H]1CCc2c(C)c(F)cc(N)c2C1=O. The van der Waals surface area contributed by atoms with Crippen LogP contribution in [0.3, 0.4) is 0 Å². The van der Waals surface area contributed by atoms with E-state index in [0.717, 1.165) is 0 Å². The monoisotopic (exact) mass is 250 g/mol. The molecule has 0 fully saturated rings. The Labute approximate surface area is 104 Å². The van der Waals surface area contributed by atoms with E-state index in [0.29, 0.717) is 29.5 Å². The first-order valence-corrected chi connectivity index (χ1v) is 5.80. The van der Waals surface area contributed by atoms with Gasteiger partial charge >= 0.3 is 0 Å². The van der Waals surface area contributed by atoms with Gasteiger partial charge in [-0.15, -0.1) is 0 Å². The quantitative estimate of drug-likeness (QED) is 0.739. The van der Waals surface area contributed by atoms with Gasteiger partial charge in [0.15, 0.2) is 5.78 Å². The van der Waals surface area contributed by atoms with E-state index in [9.17, 15) is 14.0 Å². The van der Waals surface area contributed by atoms with Crippen LogP contribution < -0.4 is 11.1 Å². The van der Waals surface area contributed by atoms with Gasteiger partial charge in [-0.25, -0.2) is 4.39 Å². The first-order valence-electron chi connectivity index (χ1n) is 5.80. The van der Waals surface area contributed by atoms with Crippen molar-refractivity contribution in [2.75, 3.05) is 5.73 Å². The Balaban J connectivity index is 2.47. The molecule has 1 amide bonds. The summed E-state index contributed by atoms with van der Waals surface area (Å²) in [5.41, 5.74) is 7.36. The van der Waals surface area contributed by atoms with Gasteiger partial charge in [-0.05, 0) is 37.0 Å². The Kier molecular flexibility index (Phi) is 3.07. The van der Waals surface area contributed by atoms with Gasteiger partial charge in [-0.2, -0.15) is 0 Å². The summed E-state index contributed by atoms with van der Waals surface area (Å²) in [7, 11) is 0. The minimum Gasteiger partial charge on any atom is -0.398 e. The second kappa shape index (κ2) is 4.40. The van der Waals surface area contributed by atoms with Crippen molar-refractivity contribution < 1.29 is 14.0 Å². The smallest absolute Gasteiger partial charge is 0.217 e. The highest BCUT2D eigenvalue weighted by Gasteiger charge is 2.31.